The Morgan fingerprint density at radius 1 is 1.47 bits per heavy atom. The van der Waals surface area contributed by atoms with Crippen molar-refractivity contribution in [1.82, 2.24) is 0 Å². The summed E-state index contributed by atoms with van der Waals surface area (Å²) in [7, 11) is 0. The van der Waals surface area contributed by atoms with Crippen molar-refractivity contribution in [3.05, 3.63) is 38.9 Å². The molecule has 0 aliphatic carbocycles. The maximum absolute atomic E-state index is 11.5. The second-order valence-electron chi connectivity index (χ2n) is 4.79. The Balaban J connectivity index is 3.04. The molecule has 0 saturated heterocycles. The average molecular weight is 286 g/mol. The third kappa shape index (κ3) is 3.92. The van der Waals surface area contributed by atoms with Crippen LogP contribution in [0.4, 0.5) is 5.69 Å². The summed E-state index contributed by atoms with van der Waals surface area (Å²) in [5.74, 6) is -0.329. The van der Waals surface area contributed by atoms with Crippen molar-refractivity contribution >= 4 is 23.3 Å². The zero-order chi connectivity index (χ0) is 14.6. The molecule has 5 nitrogen and oxygen atoms in total. The molecule has 0 spiro atoms. The molecule has 0 fully saturated rings. The van der Waals surface area contributed by atoms with E-state index in [4.69, 9.17) is 16.3 Å². The SMILES string of the molecule is CCOC(=O)CC(C)(C)c1ccc(Cl)c([N+](=O)[O-])c1. The van der Waals surface area contributed by atoms with E-state index in [2.05, 4.69) is 0 Å². The van der Waals surface area contributed by atoms with Crippen molar-refractivity contribution in [2.45, 2.75) is 32.6 Å². The van der Waals surface area contributed by atoms with E-state index in [1.165, 1.54) is 12.1 Å². The number of benzene rings is 1. The van der Waals surface area contributed by atoms with Crippen molar-refractivity contribution in [1.29, 1.82) is 0 Å². The van der Waals surface area contributed by atoms with Crippen LogP contribution in [0.15, 0.2) is 18.2 Å². The first-order valence-corrected chi connectivity index (χ1v) is 6.25. The summed E-state index contributed by atoms with van der Waals surface area (Å²) >= 11 is 5.76. The number of nitrogens with zero attached hydrogens (tertiary/aromatic N) is 1. The molecule has 0 aliphatic rings. The van der Waals surface area contributed by atoms with Gasteiger partial charge in [0.25, 0.3) is 5.69 Å². The van der Waals surface area contributed by atoms with Gasteiger partial charge >= 0.3 is 5.97 Å². The molecular weight excluding hydrogens is 270 g/mol. The number of ether oxygens (including phenoxy) is 1. The Hall–Kier alpha value is -1.62. The van der Waals surface area contributed by atoms with E-state index in [-0.39, 0.29) is 23.1 Å². The van der Waals surface area contributed by atoms with Gasteiger partial charge < -0.3 is 4.74 Å². The number of nitro groups is 1. The molecule has 0 atom stereocenters. The highest BCUT2D eigenvalue weighted by molar-refractivity contribution is 6.32. The van der Waals surface area contributed by atoms with Gasteiger partial charge in [0.2, 0.25) is 0 Å². The van der Waals surface area contributed by atoms with Crippen molar-refractivity contribution in [3.63, 3.8) is 0 Å². The van der Waals surface area contributed by atoms with Crippen LogP contribution in [0.2, 0.25) is 5.02 Å². The Morgan fingerprint density at radius 2 is 2.11 bits per heavy atom. The Morgan fingerprint density at radius 3 is 2.63 bits per heavy atom. The summed E-state index contributed by atoms with van der Waals surface area (Å²) in [5, 5.41) is 10.9. The number of nitro benzene ring substituents is 1. The topological polar surface area (TPSA) is 69.4 Å². The molecule has 104 valence electrons. The molecule has 0 aromatic heterocycles. The average Bonchev–Trinajstić information content (AvgIpc) is 2.28. The number of halogens is 1. The van der Waals surface area contributed by atoms with E-state index in [0.29, 0.717) is 12.2 Å². The van der Waals surface area contributed by atoms with Gasteiger partial charge in [-0.15, -0.1) is 0 Å². The van der Waals surface area contributed by atoms with E-state index in [0.717, 1.165) is 0 Å². The number of carbonyl (C=O) groups is 1. The van der Waals surface area contributed by atoms with E-state index in [1.807, 2.05) is 13.8 Å². The largest absolute Gasteiger partial charge is 0.466 e. The summed E-state index contributed by atoms with van der Waals surface area (Å²) in [6.45, 7) is 5.71. The number of hydrogen-bond donors (Lipinski definition) is 0. The molecule has 1 aromatic rings. The lowest BCUT2D eigenvalue weighted by Crippen LogP contribution is -2.23. The molecule has 0 bridgehead atoms. The molecule has 6 heteroatoms. The fourth-order valence-electron chi connectivity index (χ4n) is 1.75. The number of carbonyl (C=O) groups excluding carboxylic acids is 1. The minimum Gasteiger partial charge on any atom is -0.466 e. The van der Waals surface area contributed by atoms with Crippen LogP contribution in [0.1, 0.15) is 32.8 Å². The maximum Gasteiger partial charge on any atom is 0.306 e. The van der Waals surface area contributed by atoms with Gasteiger partial charge in [0, 0.05) is 11.5 Å². The number of esters is 1. The normalized spacial score (nSPS) is 11.2. The fourth-order valence-corrected chi connectivity index (χ4v) is 1.94. The van der Waals surface area contributed by atoms with Crippen LogP contribution in [-0.4, -0.2) is 17.5 Å². The smallest absolute Gasteiger partial charge is 0.306 e. The van der Waals surface area contributed by atoms with Gasteiger partial charge in [0.1, 0.15) is 5.02 Å². The van der Waals surface area contributed by atoms with Gasteiger partial charge in [-0.25, -0.2) is 0 Å². The first kappa shape index (κ1) is 15.4. The van der Waals surface area contributed by atoms with Gasteiger partial charge in [-0.1, -0.05) is 31.5 Å². The highest BCUT2D eigenvalue weighted by Crippen LogP contribution is 2.33. The van der Waals surface area contributed by atoms with Crippen molar-refractivity contribution < 1.29 is 14.5 Å². The zero-order valence-electron chi connectivity index (χ0n) is 11.1. The molecule has 0 N–H and O–H groups in total. The Kier molecular flexibility index (Phi) is 4.89. The quantitative estimate of drug-likeness (QED) is 0.472. The van der Waals surface area contributed by atoms with Crippen LogP contribution in [0.5, 0.6) is 0 Å². The van der Waals surface area contributed by atoms with E-state index in [9.17, 15) is 14.9 Å². The van der Waals surface area contributed by atoms with Gasteiger partial charge in [0.05, 0.1) is 18.0 Å². The monoisotopic (exact) mass is 285 g/mol. The second-order valence-corrected chi connectivity index (χ2v) is 5.20. The lowest BCUT2D eigenvalue weighted by Gasteiger charge is -2.24. The summed E-state index contributed by atoms with van der Waals surface area (Å²) in [5.41, 5.74) is -0.0329. The van der Waals surface area contributed by atoms with Crippen LogP contribution >= 0.6 is 11.6 Å². The predicted octanol–water partition coefficient (Wildman–Crippen LogP) is 3.48. The first-order chi connectivity index (χ1) is 8.77. The minimum absolute atomic E-state index is 0.0840. The Bertz CT molecular complexity index is 499. The predicted molar refractivity (Wildman–Crippen MR) is 72.4 cm³/mol. The molecule has 1 rings (SSSR count). The molecule has 19 heavy (non-hydrogen) atoms. The standard InChI is InChI=1S/C13H16ClNO4/c1-4-19-12(16)8-13(2,3)9-5-6-10(14)11(7-9)15(17)18/h5-7H,4,8H2,1-3H3. The molecule has 0 heterocycles. The van der Waals surface area contributed by atoms with E-state index in [1.54, 1.807) is 13.0 Å². The third-order valence-electron chi connectivity index (χ3n) is 2.82. The lowest BCUT2D eigenvalue weighted by atomic mass is 9.81. The van der Waals surface area contributed by atoms with E-state index < -0.39 is 10.3 Å². The van der Waals surface area contributed by atoms with Crippen molar-refractivity contribution in [2.24, 2.45) is 0 Å². The first-order valence-electron chi connectivity index (χ1n) is 5.88. The molecule has 0 amide bonds. The van der Waals surface area contributed by atoms with Crippen LogP contribution < -0.4 is 0 Å². The molecule has 0 saturated carbocycles. The molecule has 0 radical (unpaired) electrons. The highest BCUT2D eigenvalue weighted by Gasteiger charge is 2.27. The van der Waals surface area contributed by atoms with E-state index >= 15 is 0 Å². The minimum atomic E-state index is -0.554. The fraction of sp³-hybridized carbons (Fsp3) is 0.462. The summed E-state index contributed by atoms with van der Waals surface area (Å²) in [6, 6.07) is 4.57. The van der Waals surface area contributed by atoms with Crippen LogP contribution in [0.3, 0.4) is 0 Å². The van der Waals surface area contributed by atoms with Gasteiger partial charge in [-0.3, -0.25) is 14.9 Å². The van der Waals surface area contributed by atoms with Crippen LogP contribution in [0.25, 0.3) is 0 Å². The van der Waals surface area contributed by atoms with Gasteiger partial charge in [-0.05, 0) is 18.6 Å². The van der Waals surface area contributed by atoms with Crippen LogP contribution in [0, 0.1) is 10.1 Å². The zero-order valence-corrected chi connectivity index (χ0v) is 11.9. The van der Waals surface area contributed by atoms with Crippen molar-refractivity contribution in [2.75, 3.05) is 6.61 Å². The summed E-state index contributed by atoms with van der Waals surface area (Å²) in [6.07, 6.45) is 0.152. The summed E-state index contributed by atoms with van der Waals surface area (Å²) in [4.78, 5) is 21.9. The maximum atomic E-state index is 11.5. The molecular formula is C13H16ClNO4. The van der Waals surface area contributed by atoms with Crippen molar-refractivity contribution in [3.8, 4) is 0 Å². The molecule has 1 aromatic carbocycles. The summed E-state index contributed by atoms with van der Waals surface area (Å²) < 4.78 is 4.90. The number of hydrogen-bond acceptors (Lipinski definition) is 4. The highest BCUT2D eigenvalue weighted by atomic mass is 35.5. The number of rotatable bonds is 5. The Labute approximate surface area is 116 Å². The third-order valence-corrected chi connectivity index (χ3v) is 3.14. The van der Waals surface area contributed by atoms with Gasteiger partial charge in [-0.2, -0.15) is 0 Å². The van der Waals surface area contributed by atoms with Gasteiger partial charge in [0.15, 0.2) is 0 Å². The molecule has 0 unspecified atom stereocenters. The molecule has 0 aliphatic heterocycles. The lowest BCUT2D eigenvalue weighted by molar-refractivity contribution is -0.384. The van der Waals surface area contributed by atoms with Crippen LogP contribution in [-0.2, 0) is 14.9 Å². The second kappa shape index (κ2) is 6.02.